The van der Waals surface area contributed by atoms with Gasteiger partial charge in [-0.05, 0) is 49.6 Å². The van der Waals surface area contributed by atoms with Crippen molar-refractivity contribution in [1.82, 2.24) is 4.98 Å². The van der Waals surface area contributed by atoms with Crippen LogP contribution in [0.3, 0.4) is 0 Å². The van der Waals surface area contributed by atoms with Gasteiger partial charge in [-0.25, -0.2) is 13.2 Å². The lowest BCUT2D eigenvalue weighted by Crippen LogP contribution is -2.19. The van der Waals surface area contributed by atoms with Crippen molar-refractivity contribution in [3.05, 3.63) is 53.6 Å². The monoisotopic (exact) mass is 335 g/mol. The van der Waals surface area contributed by atoms with Gasteiger partial charge >= 0.3 is 0 Å². The summed E-state index contributed by atoms with van der Waals surface area (Å²) in [7, 11) is 0. The van der Waals surface area contributed by atoms with Crippen molar-refractivity contribution in [3.8, 4) is 0 Å². The van der Waals surface area contributed by atoms with E-state index in [9.17, 15) is 13.2 Å². The molecule has 2 aromatic rings. The van der Waals surface area contributed by atoms with Crippen molar-refractivity contribution in [3.63, 3.8) is 0 Å². The maximum absolute atomic E-state index is 14.3. The van der Waals surface area contributed by atoms with Gasteiger partial charge in [0.25, 0.3) is 6.43 Å². The van der Waals surface area contributed by atoms with E-state index in [0.29, 0.717) is 11.4 Å². The zero-order valence-electron chi connectivity index (χ0n) is 13.5. The highest BCUT2D eigenvalue weighted by Gasteiger charge is 2.17. The SMILES string of the molecule is CC(Nc1ccc(N2CCCC2)c(F)c1)c1ccc(C(F)F)nc1. The minimum absolute atomic E-state index is 0.166. The molecule has 1 aliphatic rings. The molecule has 1 aromatic carbocycles. The molecular formula is C18H20F3N3. The Bertz CT molecular complexity index is 682. The normalized spacial score (nSPS) is 15.8. The summed E-state index contributed by atoms with van der Waals surface area (Å²) in [6.07, 6.45) is 1.04. The minimum atomic E-state index is -2.57. The summed E-state index contributed by atoms with van der Waals surface area (Å²) in [6.45, 7) is 3.66. The maximum Gasteiger partial charge on any atom is 0.280 e. The molecule has 24 heavy (non-hydrogen) atoms. The van der Waals surface area contributed by atoms with E-state index in [1.165, 1.54) is 18.3 Å². The zero-order valence-corrected chi connectivity index (χ0v) is 13.5. The molecule has 6 heteroatoms. The number of nitrogens with zero attached hydrogens (tertiary/aromatic N) is 2. The summed E-state index contributed by atoms with van der Waals surface area (Å²) >= 11 is 0. The van der Waals surface area contributed by atoms with E-state index in [1.807, 2.05) is 13.0 Å². The summed E-state index contributed by atoms with van der Waals surface area (Å²) < 4.78 is 39.4. The number of benzene rings is 1. The van der Waals surface area contributed by atoms with Crippen LogP contribution in [0.15, 0.2) is 36.5 Å². The fraction of sp³-hybridized carbons (Fsp3) is 0.389. The van der Waals surface area contributed by atoms with Gasteiger partial charge in [-0.3, -0.25) is 4.98 Å². The molecule has 0 radical (unpaired) electrons. The molecular weight excluding hydrogens is 315 g/mol. The van der Waals surface area contributed by atoms with Crippen LogP contribution in [0.1, 0.15) is 43.5 Å². The average molecular weight is 335 g/mol. The van der Waals surface area contributed by atoms with E-state index in [-0.39, 0.29) is 17.6 Å². The molecule has 1 aromatic heterocycles. The zero-order chi connectivity index (χ0) is 17.1. The third-order valence-corrected chi connectivity index (χ3v) is 4.31. The molecule has 1 fully saturated rings. The third-order valence-electron chi connectivity index (χ3n) is 4.31. The van der Waals surface area contributed by atoms with Crippen LogP contribution in [0.5, 0.6) is 0 Å². The van der Waals surface area contributed by atoms with E-state index < -0.39 is 6.43 Å². The number of halogens is 3. The number of alkyl halides is 2. The van der Waals surface area contributed by atoms with E-state index in [2.05, 4.69) is 15.2 Å². The second kappa shape index (κ2) is 7.11. The molecule has 1 aliphatic heterocycles. The average Bonchev–Trinajstić information content (AvgIpc) is 3.09. The summed E-state index contributed by atoms with van der Waals surface area (Å²) in [4.78, 5) is 5.81. The van der Waals surface area contributed by atoms with Gasteiger partial charge < -0.3 is 10.2 Å². The van der Waals surface area contributed by atoms with Crippen LogP contribution in [0.25, 0.3) is 0 Å². The Kier molecular flexibility index (Phi) is 4.92. The molecule has 3 rings (SSSR count). The van der Waals surface area contributed by atoms with Crippen LogP contribution >= 0.6 is 0 Å². The van der Waals surface area contributed by atoms with Gasteiger partial charge in [0.1, 0.15) is 11.5 Å². The van der Waals surface area contributed by atoms with Crippen LogP contribution in [-0.4, -0.2) is 18.1 Å². The van der Waals surface area contributed by atoms with Crippen molar-refractivity contribution in [1.29, 1.82) is 0 Å². The van der Waals surface area contributed by atoms with E-state index in [1.54, 1.807) is 12.1 Å². The molecule has 0 saturated carbocycles. The molecule has 3 nitrogen and oxygen atoms in total. The summed E-state index contributed by atoms with van der Waals surface area (Å²) in [6, 6.07) is 7.87. The highest BCUT2D eigenvalue weighted by molar-refractivity contribution is 5.57. The lowest BCUT2D eigenvalue weighted by atomic mass is 10.1. The highest BCUT2D eigenvalue weighted by atomic mass is 19.3. The Morgan fingerprint density at radius 1 is 1.12 bits per heavy atom. The predicted octanol–water partition coefficient (Wildman–Crippen LogP) is 4.93. The highest BCUT2D eigenvalue weighted by Crippen LogP contribution is 2.28. The van der Waals surface area contributed by atoms with Gasteiger partial charge in [-0.15, -0.1) is 0 Å². The number of pyridine rings is 1. The minimum Gasteiger partial charge on any atom is -0.378 e. The summed E-state index contributed by atoms with van der Waals surface area (Å²) in [5.41, 5.74) is 1.81. The van der Waals surface area contributed by atoms with Gasteiger partial charge in [0, 0.05) is 25.0 Å². The van der Waals surface area contributed by atoms with Gasteiger partial charge in [0.15, 0.2) is 0 Å². The number of hydrogen-bond acceptors (Lipinski definition) is 3. The Morgan fingerprint density at radius 2 is 1.88 bits per heavy atom. The predicted molar refractivity (Wildman–Crippen MR) is 89.1 cm³/mol. The number of rotatable bonds is 5. The molecule has 1 saturated heterocycles. The third kappa shape index (κ3) is 3.63. The Hall–Kier alpha value is -2.24. The molecule has 0 spiro atoms. The first-order valence-electron chi connectivity index (χ1n) is 8.09. The first kappa shape index (κ1) is 16.6. The first-order chi connectivity index (χ1) is 11.5. The van der Waals surface area contributed by atoms with Crippen molar-refractivity contribution in [2.75, 3.05) is 23.3 Å². The Morgan fingerprint density at radius 3 is 2.46 bits per heavy atom. The van der Waals surface area contributed by atoms with Crippen molar-refractivity contribution < 1.29 is 13.2 Å². The summed E-state index contributed by atoms with van der Waals surface area (Å²) in [5.74, 6) is -0.250. The number of anilines is 2. The van der Waals surface area contributed by atoms with Crippen molar-refractivity contribution in [2.45, 2.75) is 32.2 Å². The van der Waals surface area contributed by atoms with Crippen LogP contribution in [0.4, 0.5) is 24.5 Å². The Balaban J connectivity index is 1.69. The van der Waals surface area contributed by atoms with Crippen LogP contribution in [0, 0.1) is 5.82 Å². The molecule has 0 amide bonds. The van der Waals surface area contributed by atoms with Gasteiger partial charge in [-0.2, -0.15) is 0 Å². The molecule has 1 atom stereocenters. The van der Waals surface area contributed by atoms with Crippen molar-refractivity contribution >= 4 is 11.4 Å². The van der Waals surface area contributed by atoms with Gasteiger partial charge in [-0.1, -0.05) is 6.07 Å². The topological polar surface area (TPSA) is 28.2 Å². The van der Waals surface area contributed by atoms with E-state index in [4.69, 9.17) is 0 Å². The summed E-state index contributed by atoms with van der Waals surface area (Å²) in [5, 5.41) is 3.18. The lowest BCUT2D eigenvalue weighted by molar-refractivity contribution is 0.146. The Labute approximate surface area is 139 Å². The van der Waals surface area contributed by atoms with Gasteiger partial charge in [0.2, 0.25) is 0 Å². The maximum atomic E-state index is 14.3. The van der Waals surface area contributed by atoms with Crippen LogP contribution in [-0.2, 0) is 0 Å². The smallest absolute Gasteiger partial charge is 0.280 e. The fourth-order valence-corrected chi connectivity index (χ4v) is 2.95. The largest absolute Gasteiger partial charge is 0.378 e. The molecule has 1 N–H and O–H groups in total. The van der Waals surface area contributed by atoms with Crippen LogP contribution < -0.4 is 10.2 Å². The van der Waals surface area contributed by atoms with Crippen LogP contribution in [0.2, 0.25) is 0 Å². The second-order valence-electron chi connectivity index (χ2n) is 6.04. The molecule has 0 bridgehead atoms. The fourth-order valence-electron chi connectivity index (χ4n) is 2.95. The second-order valence-corrected chi connectivity index (χ2v) is 6.04. The molecule has 1 unspecified atom stereocenters. The quantitative estimate of drug-likeness (QED) is 0.839. The number of hydrogen-bond donors (Lipinski definition) is 1. The first-order valence-corrected chi connectivity index (χ1v) is 8.09. The molecule has 2 heterocycles. The van der Waals surface area contributed by atoms with Crippen molar-refractivity contribution in [2.24, 2.45) is 0 Å². The van der Waals surface area contributed by atoms with E-state index >= 15 is 0 Å². The standard InChI is InChI=1S/C18H20F3N3/c1-12(13-4-6-16(18(20)21)22-11-13)23-14-5-7-17(15(19)10-14)24-8-2-3-9-24/h4-7,10-12,18,23H,2-3,8-9H2,1H3. The number of aromatic nitrogens is 1. The molecule has 128 valence electrons. The van der Waals surface area contributed by atoms with Gasteiger partial charge in [0.05, 0.1) is 11.7 Å². The van der Waals surface area contributed by atoms with E-state index in [0.717, 1.165) is 31.5 Å². The number of nitrogens with one attached hydrogen (secondary N) is 1. The molecule has 0 aliphatic carbocycles. The lowest BCUT2D eigenvalue weighted by Gasteiger charge is -2.20.